The predicted octanol–water partition coefficient (Wildman–Crippen LogP) is 3.74. The van der Waals surface area contributed by atoms with Crippen LogP contribution in [0.25, 0.3) is 0 Å². The summed E-state index contributed by atoms with van der Waals surface area (Å²) in [6.45, 7) is 1.89. The summed E-state index contributed by atoms with van der Waals surface area (Å²) in [6.07, 6.45) is -3.20. The number of esters is 1. The van der Waals surface area contributed by atoms with E-state index in [2.05, 4.69) is 4.74 Å². The molecule has 0 spiro atoms. The molecule has 1 unspecified atom stereocenters. The van der Waals surface area contributed by atoms with Gasteiger partial charge in [-0.2, -0.15) is 0 Å². The smallest absolute Gasteiger partial charge is 0.318 e. The van der Waals surface area contributed by atoms with E-state index < -0.39 is 30.0 Å². The van der Waals surface area contributed by atoms with Crippen LogP contribution in [0.1, 0.15) is 32.6 Å². The van der Waals surface area contributed by atoms with Crippen molar-refractivity contribution in [1.82, 2.24) is 0 Å². The maximum Gasteiger partial charge on any atom is 0.318 e. The predicted molar refractivity (Wildman–Crippen MR) is 63.4 cm³/mol. The van der Waals surface area contributed by atoms with Crippen molar-refractivity contribution in [1.29, 1.82) is 0 Å². The van der Waals surface area contributed by atoms with Crippen LogP contribution in [0.4, 0.5) is 17.6 Å². The topological polar surface area (TPSA) is 26.3 Å². The summed E-state index contributed by atoms with van der Waals surface area (Å²) in [5, 5.41) is -0.403. The second-order valence-corrected chi connectivity index (χ2v) is 5.15. The van der Waals surface area contributed by atoms with Crippen LogP contribution in [0.3, 0.4) is 0 Å². The van der Waals surface area contributed by atoms with Crippen molar-refractivity contribution in [2.75, 3.05) is 12.9 Å². The zero-order chi connectivity index (χ0) is 14.2. The highest BCUT2D eigenvalue weighted by atomic mass is 32.2. The number of methoxy groups -OCH3 is 1. The second-order valence-electron chi connectivity index (χ2n) is 3.84. The number of alkyl halides is 4. The molecule has 0 rings (SSSR count). The molecule has 0 aromatic rings. The minimum Gasteiger partial charge on any atom is -0.468 e. The van der Waals surface area contributed by atoms with E-state index in [0.29, 0.717) is 6.42 Å². The Morgan fingerprint density at radius 1 is 1.39 bits per heavy atom. The molecule has 7 heteroatoms. The van der Waals surface area contributed by atoms with E-state index >= 15 is 0 Å². The lowest BCUT2D eigenvalue weighted by Gasteiger charge is -2.16. The second kappa shape index (κ2) is 8.61. The van der Waals surface area contributed by atoms with E-state index in [1.807, 2.05) is 6.92 Å². The molecular formula is C11H18F4O2S. The molecule has 0 heterocycles. The minimum atomic E-state index is -3.94. The molecule has 0 amide bonds. The lowest BCUT2D eigenvalue weighted by molar-refractivity contribution is -0.140. The van der Waals surface area contributed by atoms with Gasteiger partial charge in [0.1, 0.15) is 5.25 Å². The fourth-order valence-electron chi connectivity index (χ4n) is 1.31. The Morgan fingerprint density at radius 2 is 2.00 bits per heavy atom. The first-order valence-corrected chi connectivity index (χ1v) is 6.75. The largest absolute Gasteiger partial charge is 0.468 e. The molecule has 0 aromatic heterocycles. The molecule has 0 aliphatic carbocycles. The van der Waals surface area contributed by atoms with Crippen molar-refractivity contribution >= 4 is 17.7 Å². The fraction of sp³-hybridized carbons (Fsp3) is 0.909. The van der Waals surface area contributed by atoms with Gasteiger partial charge in [0, 0.05) is 6.42 Å². The number of hydrogen-bond acceptors (Lipinski definition) is 3. The van der Waals surface area contributed by atoms with Crippen LogP contribution in [0, 0.1) is 0 Å². The number of halogens is 4. The first-order chi connectivity index (χ1) is 8.35. The van der Waals surface area contributed by atoms with E-state index in [9.17, 15) is 22.4 Å². The van der Waals surface area contributed by atoms with Gasteiger partial charge < -0.3 is 4.74 Å². The van der Waals surface area contributed by atoms with E-state index in [4.69, 9.17) is 0 Å². The quantitative estimate of drug-likeness (QED) is 0.367. The van der Waals surface area contributed by atoms with Crippen LogP contribution in [-0.2, 0) is 9.53 Å². The first-order valence-electron chi connectivity index (χ1n) is 5.70. The highest BCUT2D eigenvalue weighted by Gasteiger charge is 2.39. The Balaban J connectivity index is 3.97. The van der Waals surface area contributed by atoms with Crippen molar-refractivity contribution in [3.8, 4) is 0 Å². The first kappa shape index (κ1) is 17.5. The van der Waals surface area contributed by atoms with Crippen molar-refractivity contribution in [2.45, 2.75) is 50.2 Å². The average molecular weight is 290 g/mol. The summed E-state index contributed by atoms with van der Waals surface area (Å²) in [5.74, 6) is -4.10. The third kappa shape index (κ3) is 6.47. The minimum absolute atomic E-state index is 0.0563. The molecule has 0 saturated heterocycles. The normalized spacial score (nSPS) is 13.7. The fourth-order valence-corrected chi connectivity index (χ4v) is 2.54. The van der Waals surface area contributed by atoms with Gasteiger partial charge in [0.05, 0.1) is 7.11 Å². The Labute approximate surface area is 108 Å². The summed E-state index contributed by atoms with van der Waals surface area (Å²) in [4.78, 5) is 11.3. The van der Waals surface area contributed by atoms with Crippen molar-refractivity contribution in [3.63, 3.8) is 0 Å². The van der Waals surface area contributed by atoms with E-state index in [1.165, 1.54) is 18.9 Å². The van der Waals surface area contributed by atoms with Gasteiger partial charge in [0.25, 0.3) is 0 Å². The highest BCUT2D eigenvalue weighted by Crippen LogP contribution is 2.29. The Bertz CT molecular complexity index is 249. The molecule has 18 heavy (non-hydrogen) atoms. The van der Waals surface area contributed by atoms with Crippen LogP contribution in [0.5, 0.6) is 0 Å². The van der Waals surface area contributed by atoms with Gasteiger partial charge in [0.15, 0.2) is 0 Å². The summed E-state index contributed by atoms with van der Waals surface area (Å²) >= 11 is 1.18. The van der Waals surface area contributed by atoms with E-state index in [-0.39, 0.29) is 12.2 Å². The molecule has 0 bridgehead atoms. The average Bonchev–Trinajstić information content (AvgIpc) is 2.31. The summed E-state index contributed by atoms with van der Waals surface area (Å²) in [7, 11) is 1.26. The Hall–Kier alpha value is -0.460. The Kier molecular flexibility index (Phi) is 8.39. The van der Waals surface area contributed by atoms with Gasteiger partial charge in [-0.25, -0.2) is 17.6 Å². The molecule has 108 valence electrons. The van der Waals surface area contributed by atoms with Crippen molar-refractivity contribution < 1.29 is 27.1 Å². The number of rotatable bonds is 9. The maximum absolute atomic E-state index is 12.6. The number of carbonyl (C=O) groups is 1. The molecule has 0 fully saturated rings. The molecule has 0 radical (unpaired) electrons. The van der Waals surface area contributed by atoms with Crippen molar-refractivity contribution in [3.05, 3.63) is 0 Å². The maximum atomic E-state index is 12.6. The van der Waals surface area contributed by atoms with Crippen LogP contribution in [0.15, 0.2) is 0 Å². The van der Waals surface area contributed by atoms with Gasteiger partial charge in [-0.15, -0.1) is 11.8 Å². The molecular weight excluding hydrogens is 272 g/mol. The molecule has 0 N–H and O–H groups in total. The standard InChI is InChI=1S/C11H18F4O2S/c1-3-5-8(9(16)17-2)18-7-4-6-11(14,15)10(12)13/h8,10H,3-7H2,1-2H3. The van der Waals surface area contributed by atoms with Gasteiger partial charge in [-0.05, 0) is 18.6 Å². The van der Waals surface area contributed by atoms with Gasteiger partial charge in [-0.3, -0.25) is 4.79 Å². The lowest BCUT2D eigenvalue weighted by Crippen LogP contribution is -2.26. The van der Waals surface area contributed by atoms with Gasteiger partial charge in [-0.1, -0.05) is 13.3 Å². The lowest BCUT2D eigenvalue weighted by atomic mass is 10.2. The third-order valence-corrected chi connectivity index (χ3v) is 3.66. The van der Waals surface area contributed by atoms with Crippen LogP contribution in [-0.4, -0.2) is 36.4 Å². The zero-order valence-corrected chi connectivity index (χ0v) is 11.2. The highest BCUT2D eigenvalue weighted by molar-refractivity contribution is 8.00. The van der Waals surface area contributed by atoms with Crippen LogP contribution in [0.2, 0.25) is 0 Å². The summed E-state index contributed by atoms with van der Waals surface area (Å²) in [5.41, 5.74) is 0. The Morgan fingerprint density at radius 3 is 2.44 bits per heavy atom. The number of ether oxygens (including phenoxy) is 1. The molecule has 2 nitrogen and oxygen atoms in total. The molecule has 0 aliphatic heterocycles. The number of thioether (sulfide) groups is 1. The number of hydrogen-bond donors (Lipinski definition) is 0. The molecule has 0 saturated carbocycles. The van der Waals surface area contributed by atoms with Crippen molar-refractivity contribution in [2.24, 2.45) is 0 Å². The molecule has 0 aromatic carbocycles. The van der Waals surface area contributed by atoms with Crippen LogP contribution >= 0.6 is 11.8 Å². The third-order valence-electron chi connectivity index (χ3n) is 2.31. The van der Waals surface area contributed by atoms with E-state index in [1.54, 1.807) is 0 Å². The van der Waals surface area contributed by atoms with Gasteiger partial charge >= 0.3 is 18.3 Å². The molecule has 0 aliphatic rings. The van der Waals surface area contributed by atoms with Gasteiger partial charge in [0.2, 0.25) is 0 Å². The van der Waals surface area contributed by atoms with E-state index in [0.717, 1.165) is 6.42 Å². The van der Waals surface area contributed by atoms with Crippen LogP contribution < -0.4 is 0 Å². The monoisotopic (exact) mass is 290 g/mol. The summed E-state index contributed by atoms with van der Waals surface area (Å²) in [6, 6.07) is 0. The number of carbonyl (C=O) groups excluding carboxylic acids is 1. The summed E-state index contributed by atoms with van der Waals surface area (Å²) < 4.78 is 53.5. The molecule has 1 atom stereocenters. The SMILES string of the molecule is CCCC(SCCCC(F)(F)C(F)F)C(=O)OC. The zero-order valence-electron chi connectivity index (χ0n) is 10.4.